The van der Waals surface area contributed by atoms with E-state index in [1.807, 2.05) is 0 Å². The molecule has 14 heteroatoms. The number of nitrogens with zero attached hydrogens (tertiary/aromatic N) is 4. The Labute approximate surface area is 196 Å². The van der Waals surface area contributed by atoms with E-state index in [1.165, 1.54) is 28.8 Å². The number of urea groups is 1. The Hall–Kier alpha value is -3.32. The molecule has 1 unspecified atom stereocenters. The summed E-state index contributed by atoms with van der Waals surface area (Å²) in [6.45, 7) is -0.674. The third-order valence-electron chi connectivity index (χ3n) is 5.40. The van der Waals surface area contributed by atoms with Crippen molar-refractivity contribution >= 4 is 35.1 Å². The largest absolute Gasteiger partial charge is 0.348 e. The topological polar surface area (TPSA) is 109 Å². The average Bonchev–Trinajstić information content (AvgIpc) is 3.09. The standard InChI is InChI=1S/C20H20ClF3N6O4/c1-28-19(32)17-11-8-29(20(33)26-10-2-3-13(22)12(21)6-10)5-4-14(11)27-30(17)9-15(34-28)18(31)25-7-16(23)24/h2-3,6,15-16H,4-5,7-9H2,1H3,(H,25,31)(H,26,33). The van der Waals surface area contributed by atoms with Crippen molar-refractivity contribution in [3.63, 3.8) is 0 Å². The van der Waals surface area contributed by atoms with Crippen molar-refractivity contribution in [2.24, 2.45) is 0 Å². The van der Waals surface area contributed by atoms with Crippen LogP contribution in [0.1, 0.15) is 21.7 Å². The fourth-order valence-corrected chi connectivity index (χ4v) is 3.93. The van der Waals surface area contributed by atoms with Gasteiger partial charge in [-0.25, -0.2) is 23.0 Å². The Balaban J connectivity index is 1.53. The number of fused-ring (bicyclic) bond motifs is 3. The molecule has 1 aromatic heterocycles. The number of rotatable bonds is 4. The number of carbonyl (C=O) groups is 3. The summed E-state index contributed by atoms with van der Waals surface area (Å²) in [5.74, 6) is -2.01. The molecular weight excluding hydrogens is 481 g/mol. The van der Waals surface area contributed by atoms with Crippen molar-refractivity contribution in [3.05, 3.63) is 46.0 Å². The molecule has 34 heavy (non-hydrogen) atoms. The summed E-state index contributed by atoms with van der Waals surface area (Å²) in [4.78, 5) is 44.8. The predicted molar refractivity (Wildman–Crippen MR) is 113 cm³/mol. The summed E-state index contributed by atoms with van der Waals surface area (Å²) in [5, 5.41) is 9.83. The first-order chi connectivity index (χ1) is 16.1. The fourth-order valence-electron chi connectivity index (χ4n) is 3.75. The fraction of sp³-hybridized carbons (Fsp3) is 0.400. The zero-order valence-corrected chi connectivity index (χ0v) is 18.6. The van der Waals surface area contributed by atoms with Crippen LogP contribution in [0.25, 0.3) is 0 Å². The molecule has 0 aliphatic carbocycles. The summed E-state index contributed by atoms with van der Waals surface area (Å²) < 4.78 is 39.6. The maximum Gasteiger partial charge on any atom is 0.322 e. The first-order valence-corrected chi connectivity index (χ1v) is 10.6. The zero-order valence-electron chi connectivity index (χ0n) is 17.9. The van der Waals surface area contributed by atoms with Crippen LogP contribution < -0.4 is 10.6 Å². The number of hydrogen-bond donors (Lipinski definition) is 2. The smallest absolute Gasteiger partial charge is 0.322 e. The molecule has 4 amide bonds. The van der Waals surface area contributed by atoms with Gasteiger partial charge in [0.25, 0.3) is 18.2 Å². The molecule has 1 atom stereocenters. The molecule has 10 nitrogen and oxygen atoms in total. The van der Waals surface area contributed by atoms with Gasteiger partial charge in [-0.1, -0.05) is 11.6 Å². The van der Waals surface area contributed by atoms with Crippen LogP contribution in [0.15, 0.2) is 18.2 Å². The van der Waals surface area contributed by atoms with Crippen LogP contribution in [0, 0.1) is 5.82 Å². The number of anilines is 1. The van der Waals surface area contributed by atoms with Crippen molar-refractivity contribution in [1.82, 2.24) is 25.1 Å². The van der Waals surface area contributed by atoms with Crippen LogP contribution in [0.5, 0.6) is 0 Å². The van der Waals surface area contributed by atoms with E-state index in [1.54, 1.807) is 0 Å². The molecule has 2 aliphatic rings. The number of amides is 4. The number of carbonyl (C=O) groups excluding carboxylic acids is 3. The molecule has 182 valence electrons. The van der Waals surface area contributed by atoms with Gasteiger partial charge in [0.1, 0.15) is 11.5 Å². The lowest BCUT2D eigenvalue weighted by Gasteiger charge is -2.27. The maximum atomic E-state index is 13.4. The SMILES string of the molecule is CN1OC(C(=O)NCC(F)F)Cn2nc3c(c2C1=O)CN(C(=O)Nc1ccc(F)c(Cl)c1)CC3. The second-order valence-corrected chi connectivity index (χ2v) is 8.13. The number of nitrogens with one attached hydrogen (secondary N) is 2. The maximum absolute atomic E-state index is 13.4. The molecule has 1 aromatic carbocycles. The van der Waals surface area contributed by atoms with Crippen molar-refractivity contribution in [1.29, 1.82) is 0 Å². The summed E-state index contributed by atoms with van der Waals surface area (Å²) >= 11 is 5.76. The minimum atomic E-state index is -2.73. The number of halogens is 4. The first-order valence-electron chi connectivity index (χ1n) is 10.2. The number of aromatic nitrogens is 2. The Morgan fingerprint density at radius 1 is 1.35 bits per heavy atom. The van der Waals surface area contributed by atoms with Crippen LogP contribution in [0.2, 0.25) is 5.02 Å². The summed E-state index contributed by atoms with van der Waals surface area (Å²) in [6, 6.07) is 3.30. The Morgan fingerprint density at radius 2 is 2.12 bits per heavy atom. The van der Waals surface area contributed by atoms with Gasteiger partial charge in [-0.15, -0.1) is 0 Å². The predicted octanol–water partition coefficient (Wildman–Crippen LogP) is 2.03. The van der Waals surface area contributed by atoms with Crippen LogP contribution in [-0.4, -0.2) is 70.3 Å². The first kappa shape index (κ1) is 23.8. The highest BCUT2D eigenvalue weighted by atomic mass is 35.5. The van der Waals surface area contributed by atoms with E-state index in [0.717, 1.165) is 11.1 Å². The van der Waals surface area contributed by atoms with E-state index < -0.39 is 42.7 Å². The van der Waals surface area contributed by atoms with Crippen molar-refractivity contribution < 1.29 is 32.4 Å². The third-order valence-corrected chi connectivity index (χ3v) is 5.68. The molecule has 0 saturated carbocycles. The van der Waals surface area contributed by atoms with Gasteiger partial charge in [0, 0.05) is 31.3 Å². The average molecular weight is 501 g/mol. The molecule has 2 N–H and O–H groups in total. The van der Waals surface area contributed by atoms with Crippen LogP contribution in [-0.2, 0) is 29.1 Å². The lowest BCUT2D eigenvalue weighted by atomic mass is 10.1. The molecule has 3 heterocycles. The van der Waals surface area contributed by atoms with E-state index in [0.29, 0.717) is 29.9 Å². The Kier molecular flexibility index (Phi) is 6.66. The van der Waals surface area contributed by atoms with Gasteiger partial charge in [0.05, 0.1) is 30.4 Å². The highest BCUT2D eigenvalue weighted by molar-refractivity contribution is 6.31. The molecular formula is C20H20ClF3N6O4. The highest BCUT2D eigenvalue weighted by Gasteiger charge is 2.37. The number of hydroxylamine groups is 2. The Bertz CT molecular complexity index is 1140. The van der Waals surface area contributed by atoms with E-state index in [9.17, 15) is 27.6 Å². The van der Waals surface area contributed by atoms with Gasteiger partial charge in [0.15, 0.2) is 6.10 Å². The zero-order chi connectivity index (χ0) is 24.6. The van der Waals surface area contributed by atoms with E-state index in [-0.39, 0.29) is 23.8 Å². The summed E-state index contributed by atoms with van der Waals surface area (Å²) in [5.41, 5.74) is 1.52. The molecule has 4 rings (SSSR count). The van der Waals surface area contributed by atoms with Crippen molar-refractivity contribution in [2.45, 2.75) is 32.0 Å². The van der Waals surface area contributed by atoms with Gasteiger partial charge in [-0.2, -0.15) is 5.10 Å². The van der Waals surface area contributed by atoms with Gasteiger partial charge in [0.2, 0.25) is 0 Å². The van der Waals surface area contributed by atoms with E-state index in [2.05, 4.69) is 15.7 Å². The molecule has 0 bridgehead atoms. The van der Waals surface area contributed by atoms with Crippen molar-refractivity contribution in [3.8, 4) is 0 Å². The third kappa shape index (κ3) is 4.80. The van der Waals surface area contributed by atoms with Gasteiger partial charge in [-0.05, 0) is 18.2 Å². The lowest BCUT2D eigenvalue weighted by molar-refractivity contribution is -0.168. The molecule has 0 radical (unpaired) electrons. The molecule has 0 spiro atoms. The summed E-state index contributed by atoms with van der Waals surface area (Å²) in [7, 11) is 1.30. The molecule has 2 aliphatic heterocycles. The minimum Gasteiger partial charge on any atom is -0.348 e. The quantitative estimate of drug-likeness (QED) is 0.668. The highest BCUT2D eigenvalue weighted by Crippen LogP contribution is 2.27. The van der Waals surface area contributed by atoms with Crippen LogP contribution >= 0.6 is 11.6 Å². The molecule has 2 aromatic rings. The second-order valence-electron chi connectivity index (χ2n) is 7.72. The lowest BCUT2D eigenvalue weighted by Crippen LogP contribution is -2.43. The van der Waals surface area contributed by atoms with Crippen LogP contribution in [0.4, 0.5) is 23.7 Å². The second kappa shape index (κ2) is 9.50. The van der Waals surface area contributed by atoms with Gasteiger partial charge < -0.3 is 15.5 Å². The minimum absolute atomic E-state index is 0.0489. The van der Waals surface area contributed by atoms with Crippen molar-refractivity contribution in [2.75, 3.05) is 25.5 Å². The number of alkyl halides is 2. The van der Waals surface area contributed by atoms with E-state index in [4.69, 9.17) is 16.4 Å². The normalized spacial score (nSPS) is 17.8. The van der Waals surface area contributed by atoms with Crippen LogP contribution in [0.3, 0.4) is 0 Å². The van der Waals surface area contributed by atoms with Gasteiger partial charge >= 0.3 is 6.03 Å². The Morgan fingerprint density at radius 3 is 2.82 bits per heavy atom. The monoisotopic (exact) mass is 500 g/mol. The number of benzene rings is 1. The van der Waals surface area contributed by atoms with E-state index >= 15 is 0 Å². The molecule has 0 saturated heterocycles. The van der Waals surface area contributed by atoms with Gasteiger partial charge in [-0.3, -0.25) is 19.1 Å². The number of hydrogen-bond acceptors (Lipinski definition) is 5. The molecule has 0 fully saturated rings. The summed E-state index contributed by atoms with van der Waals surface area (Å²) in [6.07, 6.45) is -3.64.